The van der Waals surface area contributed by atoms with Crippen molar-refractivity contribution >= 4 is 5.91 Å². The second-order valence-electron chi connectivity index (χ2n) is 3.56. The van der Waals surface area contributed by atoms with Crippen LogP contribution in [0.15, 0.2) is 24.3 Å². The van der Waals surface area contributed by atoms with E-state index in [1.807, 2.05) is 6.07 Å². The number of nitrogens with two attached hydrogens (primary N) is 1. The molecule has 1 aromatic rings. The van der Waals surface area contributed by atoms with Crippen molar-refractivity contribution in [2.75, 3.05) is 6.54 Å². The number of nitrogens with one attached hydrogen (secondary N) is 1. The van der Waals surface area contributed by atoms with Crippen molar-refractivity contribution < 1.29 is 9.18 Å². The fourth-order valence-corrected chi connectivity index (χ4v) is 1.18. The van der Waals surface area contributed by atoms with E-state index in [-0.39, 0.29) is 17.6 Å². The van der Waals surface area contributed by atoms with Gasteiger partial charge in [0.2, 0.25) is 5.91 Å². The van der Waals surface area contributed by atoms with Crippen LogP contribution in [0.2, 0.25) is 0 Å². The highest BCUT2D eigenvalue weighted by molar-refractivity contribution is 5.76. The Morgan fingerprint density at radius 2 is 2.33 bits per heavy atom. The third kappa shape index (κ3) is 4.08. The zero-order valence-electron chi connectivity index (χ0n) is 8.66. The fourth-order valence-electron chi connectivity index (χ4n) is 1.18. The molecule has 0 bridgehead atoms. The average Bonchev–Trinajstić information content (AvgIpc) is 2.17. The van der Waals surface area contributed by atoms with Crippen molar-refractivity contribution in [3.8, 4) is 0 Å². The number of benzene rings is 1. The van der Waals surface area contributed by atoms with Crippen molar-refractivity contribution in [2.45, 2.75) is 13.5 Å². The Kier molecular flexibility index (Phi) is 4.24. The lowest BCUT2D eigenvalue weighted by molar-refractivity contribution is -0.121. The number of amides is 1. The second-order valence-corrected chi connectivity index (χ2v) is 3.56. The van der Waals surface area contributed by atoms with E-state index in [0.717, 1.165) is 5.56 Å². The number of hydrogen-bond donors (Lipinski definition) is 2. The van der Waals surface area contributed by atoms with E-state index in [1.54, 1.807) is 13.0 Å². The minimum absolute atomic E-state index is 0.210. The number of carbonyl (C=O) groups is 1. The SMILES string of the molecule is CC(CNCc1cccc(F)c1)C(N)=O. The van der Waals surface area contributed by atoms with E-state index >= 15 is 0 Å². The molecule has 82 valence electrons. The molecular weight excluding hydrogens is 195 g/mol. The number of hydrogen-bond acceptors (Lipinski definition) is 2. The number of halogens is 1. The summed E-state index contributed by atoms with van der Waals surface area (Å²) >= 11 is 0. The standard InChI is InChI=1S/C11H15FN2O/c1-8(11(13)15)6-14-7-9-3-2-4-10(12)5-9/h2-5,8,14H,6-7H2,1H3,(H2,13,15). The van der Waals surface area contributed by atoms with E-state index in [1.165, 1.54) is 12.1 Å². The third-order valence-electron chi connectivity index (χ3n) is 2.15. The van der Waals surface area contributed by atoms with Crippen molar-refractivity contribution in [1.82, 2.24) is 5.32 Å². The predicted molar refractivity (Wildman–Crippen MR) is 56.5 cm³/mol. The number of rotatable bonds is 5. The largest absolute Gasteiger partial charge is 0.369 e. The summed E-state index contributed by atoms with van der Waals surface area (Å²) in [5, 5.41) is 3.04. The number of carbonyl (C=O) groups excluding carboxylic acids is 1. The van der Waals surface area contributed by atoms with E-state index in [2.05, 4.69) is 5.32 Å². The summed E-state index contributed by atoms with van der Waals surface area (Å²) < 4.78 is 12.8. The van der Waals surface area contributed by atoms with Gasteiger partial charge in [-0.2, -0.15) is 0 Å². The van der Waals surface area contributed by atoms with Gasteiger partial charge in [-0.25, -0.2) is 4.39 Å². The van der Waals surface area contributed by atoms with Gasteiger partial charge in [-0.1, -0.05) is 19.1 Å². The predicted octanol–water partition coefficient (Wildman–Crippen LogP) is 1.04. The summed E-state index contributed by atoms with van der Waals surface area (Å²) in [6, 6.07) is 6.34. The van der Waals surface area contributed by atoms with E-state index in [9.17, 15) is 9.18 Å². The fraction of sp³-hybridized carbons (Fsp3) is 0.364. The molecule has 0 spiro atoms. The van der Waals surface area contributed by atoms with Crippen LogP contribution in [0.25, 0.3) is 0 Å². The molecule has 0 fully saturated rings. The summed E-state index contributed by atoms with van der Waals surface area (Å²) in [6.07, 6.45) is 0. The maximum absolute atomic E-state index is 12.8. The lowest BCUT2D eigenvalue weighted by Gasteiger charge is -2.08. The van der Waals surface area contributed by atoms with Gasteiger partial charge < -0.3 is 11.1 Å². The van der Waals surface area contributed by atoms with Crippen molar-refractivity contribution in [2.24, 2.45) is 11.7 Å². The maximum Gasteiger partial charge on any atom is 0.221 e. The summed E-state index contributed by atoms with van der Waals surface area (Å²) in [5.41, 5.74) is 5.95. The van der Waals surface area contributed by atoms with Gasteiger partial charge in [-0.15, -0.1) is 0 Å². The van der Waals surface area contributed by atoms with Gasteiger partial charge in [0.05, 0.1) is 0 Å². The summed E-state index contributed by atoms with van der Waals surface area (Å²) in [5.74, 6) is -0.794. The van der Waals surface area contributed by atoms with Gasteiger partial charge >= 0.3 is 0 Å². The lowest BCUT2D eigenvalue weighted by Crippen LogP contribution is -2.30. The van der Waals surface area contributed by atoms with Gasteiger partial charge in [0.1, 0.15) is 5.82 Å². The zero-order valence-corrected chi connectivity index (χ0v) is 8.66. The molecule has 1 atom stereocenters. The van der Waals surface area contributed by atoms with E-state index in [4.69, 9.17) is 5.73 Å². The normalized spacial score (nSPS) is 12.4. The van der Waals surface area contributed by atoms with Crippen molar-refractivity contribution in [1.29, 1.82) is 0 Å². The molecule has 1 rings (SSSR count). The van der Waals surface area contributed by atoms with Crippen LogP contribution < -0.4 is 11.1 Å². The Morgan fingerprint density at radius 1 is 1.60 bits per heavy atom. The molecule has 3 nitrogen and oxygen atoms in total. The monoisotopic (exact) mass is 210 g/mol. The molecule has 1 aromatic carbocycles. The van der Waals surface area contributed by atoms with Crippen LogP contribution in [0.5, 0.6) is 0 Å². The molecule has 3 N–H and O–H groups in total. The van der Waals surface area contributed by atoms with Gasteiger partial charge in [0.25, 0.3) is 0 Å². The summed E-state index contributed by atoms with van der Waals surface area (Å²) in [6.45, 7) is 2.79. The van der Waals surface area contributed by atoms with E-state index in [0.29, 0.717) is 13.1 Å². The first kappa shape index (κ1) is 11.7. The molecule has 0 heterocycles. The Balaban J connectivity index is 2.35. The summed E-state index contributed by atoms with van der Waals surface area (Å²) in [4.78, 5) is 10.7. The smallest absolute Gasteiger partial charge is 0.221 e. The Labute approximate surface area is 88.5 Å². The van der Waals surface area contributed by atoms with Crippen LogP contribution in [0.4, 0.5) is 4.39 Å². The summed E-state index contributed by atoms with van der Waals surface area (Å²) in [7, 11) is 0. The molecule has 0 radical (unpaired) electrons. The molecule has 1 amide bonds. The molecule has 0 saturated carbocycles. The Bertz CT molecular complexity index is 341. The van der Waals surface area contributed by atoms with Gasteiger partial charge in [-0.3, -0.25) is 4.79 Å². The van der Waals surface area contributed by atoms with Gasteiger partial charge in [-0.05, 0) is 17.7 Å². The highest BCUT2D eigenvalue weighted by Gasteiger charge is 2.07. The average molecular weight is 210 g/mol. The van der Waals surface area contributed by atoms with Gasteiger partial charge in [0, 0.05) is 19.0 Å². The minimum Gasteiger partial charge on any atom is -0.369 e. The molecule has 0 saturated heterocycles. The molecule has 0 aliphatic rings. The topological polar surface area (TPSA) is 55.1 Å². The quantitative estimate of drug-likeness (QED) is 0.762. The minimum atomic E-state index is -0.332. The molecule has 0 aliphatic heterocycles. The maximum atomic E-state index is 12.8. The van der Waals surface area contributed by atoms with Crippen molar-refractivity contribution in [3.63, 3.8) is 0 Å². The molecule has 0 aromatic heterocycles. The van der Waals surface area contributed by atoms with Crippen LogP contribution in [0.1, 0.15) is 12.5 Å². The second kappa shape index (κ2) is 5.46. The van der Waals surface area contributed by atoms with Crippen LogP contribution >= 0.6 is 0 Å². The highest BCUT2D eigenvalue weighted by atomic mass is 19.1. The van der Waals surface area contributed by atoms with E-state index < -0.39 is 0 Å². The molecular formula is C11H15FN2O. The molecule has 0 aliphatic carbocycles. The Morgan fingerprint density at radius 3 is 2.93 bits per heavy atom. The zero-order chi connectivity index (χ0) is 11.3. The Hall–Kier alpha value is -1.42. The van der Waals surface area contributed by atoms with Gasteiger partial charge in [0.15, 0.2) is 0 Å². The first-order valence-corrected chi connectivity index (χ1v) is 4.84. The van der Waals surface area contributed by atoms with Crippen LogP contribution in [-0.4, -0.2) is 12.5 Å². The van der Waals surface area contributed by atoms with Crippen molar-refractivity contribution in [3.05, 3.63) is 35.6 Å². The lowest BCUT2D eigenvalue weighted by atomic mass is 10.1. The third-order valence-corrected chi connectivity index (χ3v) is 2.15. The molecule has 15 heavy (non-hydrogen) atoms. The van der Waals surface area contributed by atoms with Crippen LogP contribution in [0, 0.1) is 11.7 Å². The van der Waals surface area contributed by atoms with Crippen LogP contribution in [0.3, 0.4) is 0 Å². The van der Waals surface area contributed by atoms with Crippen LogP contribution in [-0.2, 0) is 11.3 Å². The first-order valence-electron chi connectivity index (χ1n) is 4.84. The first-order chi connectivity index (χ1) is 7.09. The highest BCUT2D eigenvalue weighted by Crippen LogP contribution is 2.03. The molecule has 1 unspecified atom stereocenters. The number of primary amides is 1. The molecule has 4 heteroatoms.